The Morgan fingerprint density at radius 1 is 0.377 bits per heavy atom. The molecule has 2 heterocycles. The largest absolute Gasteiger partial charge is 0.399 e. The number of carbonyl (C=O) groups is 6. The van der Waals surface area contributed by atoms with Gasteiger partial charge in [-0.15, -0.1) is 0 Å². The van der Waals surface area contributed by atoms with Gasteiger partial charge in [-0.1, -0.05) is 105 Å². The van der Waals surface area contributed by atoms with Gasteiger partial charge in [0.1, 0.15) is 0 Å². The Kier molecular flexibility index (Phi) is 19.1. The van der Waals surface area contributed by atoms with Gasteiger partial charge in [0.25, 0.3) is 11.6 Å². The number of nitrogens with zero attached hydrogens (tertiary/aromatic N) is 4. The fourth-order valence-corrected chi connectivity index (χ4v) is 8.15. The van der Waals surface area contributed by atoms with E-state index >= 15 is 0 Å². The Bertz CT molecular complexity index is 3280. The zero-order valence-corrected chi connectivity index (χ0v) is 45.3. The Morgan fingerprint density at radius 2 is 0.649 bits per heavy atom. The minimum Gasteiger partial charge on any atom is -0.399 e. The number of hydrogen-bond donors (Lipinski definition) is 4. The van der Waals surface area contributed by atoms with Crippen molar-refractivity contribution < 1.29 is 33.9 Å². The lowest BCUT2D eigenvalue weighted by Gasteiger charge is -2.30. The van der Waals surface area contributed by atoms with Crippen molar-refractivity contribution in [2.24, 2.45) is 0 Å². The van der Waals surface area contributed by atoms with E-state index in [1.165, 1.54) is 84.9 Å². The zero-order valence-electron chi connectivity index (χ0n) is 39.3. The molecular formula is C55H37Cl8N7O7. The smallest absolute Gasteiger partial charge is 0.343 e. The SMILES string of the molecule is Nc1ccc(Cl)cc1.O=C(Nc1ccc(Cl)cc1)Nc1ccc(Cl)cc1.O=C1C(=O)N(c2ccc(Cl)cc2)C(=O)N1c1ccc(Cl)cc1.O=C1N(c2ccc(Cl)cc2)C(=O)C(O)(c2ccc(Cl)cc2)N1c1ccc(Cl)cc1. The van der Waals surface area contributed by atoms with Crippen LogP contribution in [0.15, 0.2) is 194 Å². The van der Waals surface area contributed by atoms with Gasteiger partial charge < -0.3 is 21.5 Å². The van der Waals surface area contributed by atoms with Crippen molar-refractivity contribution in [3.05, 3.63) is 240 Å². The van der Waals surface area contributed by atoms with E-state index in [9.17, 15) is 33.9 Å². The number of aliphatic hydroxyl groups is 1. The van der Waals surface area contributed by atoms with E-state index in [1.54, 1.807) is 109 Å². The number of halogens is 8. The topological polar surface area (TPSA) is 186 Å². The number of hydrogen-bond acceptors (Lipinski definition) is 8. The van der Waals surface area contributed by atoms with Crippen molar-refractivity contribution >= 4 is 168 Å². The monoisotopic (exact) mass is 1190 g/mol. The summed E-state index contributed by atoms with van der Waals surface area (Å²) < 4.78 is 0. The molecule has 14 nitrogen and oxygen atoms in total. The summed E-state index contributed by atoms with van der Waals surface area (Å²) in [5, 5.41) is 21.2. The fourth-order valence-electron chi connectivity index (χ4n) is 7.14. The van der Waals surface area contributed by atoms with Gasteiger partial charge >= 0.3 is 29.9 Å². The molecule has 1 unspecified atom stereocenters. The Balaban J connectivity index is 0.000000160. The van der Waals surface area contributed by atoms with E-state index in [2.05, 4.69) is 10.6 Å². The second kappa shape index (κ2) is 25.7. The van der Waals surface area contributed by atoms with Gasteiger partial charge in [-0.05, 0) is 182 Å². The number of anilines is 7. The fraction of sp³-hybridized carbons (Fsp3) is 0.0182. The van der Waals surface area contributed by atoms with Gasteiger partial charge in [0.05, 0.1) is 17.1 Å². The Hall–Kier alpha value is -7.34. The van der Waals surface area contributed by atoms with Gasteiger partial charge in [0, 0.05) is 68.5 Å². The second-order valence-electron chi connectivity index (χ2n) is 16.1. The van der Waals surface area contributed by atoms with Gasteiger partial charge in [0.15, 0.2) is 0 Å². The minimum absolute atomic E-state index is 0.201. The van der Waals surface area contributed by atoms with E-state index in [-0.39, 0.29) is 28.7 Å². The summed E-state index contributed by atoms with van der Waals surface area (Å²) >= 11 is 46.5. The first kappa shape index (κ1) is 57.4. The van der Waals surface area contributed by atoms with Crippen LogP contribution in [-0.4, -0.2) is 40.9 Å². The predicted octanol–water partition coefficient (Wildman–Crippen LogP) is 15.5. The molecule has 2 fully saturated rings. The number of benzene rings is 8. The van der Waals surface area contributed by atoms with Crippen molar-refractivity contribution in [2.45, 2.75) is 5.72 Å². The van der Waals surface area contributed by atoms with Gasteiger partial charge in [-0.25, -0.2) is 29.1 Å². The number of carbonyl (C=O) groups excluding carboxylic acids is 6. The van der Waals surface area contributed by atoms with Crippen LogP contribution >= 0.6 is 92.8 Å². The standard InChI is InChI=1S/C21H13Cl3N2O3.C15H8Cl2N2O3.C13H10Cl2N2O.C6H6ClN/c22-14-3-1-13(2-4-14)21(29)19(27)25(17-9-5-15(23)6-10-17)20(28)26(21)18-11-7-16(24)8-12-18;16-9-1-5-11(6-2-9)18-13(20)14(21)19(15(18)22)12-7-3-10(17)4-8-12;14-9-1-5-11(6-2-9)16-13(18)17-12-7-3-10(15)4-8-12;7-5-1-3-6(8)4-2-5/h1-12,29H;1-8H;1-8H,(H2,16,17,18);1-4H,8H2. The predicted molar refractivity (Wildman–Crippen MR) is 308 cm³/mol. The summed E-state index contributed by atoms with van der Waals surface area (Å²) in [6.07, 6.45) is 0. The molecule has 2 aliphatic rings. The third-order valence-corrected chi connectivity index (χ3v) is 12.9. The maximum atomic E-state index is 13.4. The molecule has 0 radical (unpaired) electrons. The third-order valence-electron chi connectivity index (χ3n) is 10.8. The lowest BCUT2D eigenvalue weighted by atomic mass is 10.0. The van der Waals surface area contributed by atoms with Crippen LogP contribution in [0.2, 0.25) is 40.2 Å². The Labute approximate surface area is 480 Å². The molecule has 77 heavy (non-hydrogen) atoms. The highest BCUT2D eigenvalue weighted by atomic mass is 35.5. The van der Waals surface area contributed by atoms with Gasteiger partial charge in [0.2, 0.25) is 0 Å². The van der Waals surface area contributed by atoms with Gasteiger partial charge in [-0.3, -0.25) is 19.3 Å². The van der Waals surface area contributed by atoms with Crippen molar-refractivity contribution in [3.8, 4) is 0 Å². The minimum atomic E-state index is -2.27. The van der Waals surface area contributed by atoms with Crippen molar-refractivity contribution in [1.82, 2.24) is 0 Å². The highest BCUT2D eigenvalue weighted by Crippen LogP contribution is 2.42. The molecule has 0 spiro atoms. The maximum Gasteiger partial charge on any atom is 0.343 e. The number of nitrogen functional groups attached to an aromatic ring is 1. The molecule has 0 bridgehead atoms. The molecule has 2 aliphatic heterocycles. The van der Waals surface area contributed by atoms with Crippen LogP contribution in [-0.2, 0) is 20.1 Å². The first-order valence-electron chi connectivity index (χ1n) is 22.3. The molecule has 10 rings (SSSR count). The number of nitrogens with one attached hydrogen (secondary N) is 2. The Morgan fingerprint density at radius 3 is 0.974 bits per heavy atom. The van der Waals surface area contributed by atoms with E-state index < -0.39 is 35.5 Å². The molecule has 0 saturated carbocycles. The quantitative estimate of drug-likeness (QED) is 0.0690. The van der Waals surface area contributed by atoms with Crippen LogP contribution in [0.1, 0.15) is 5.56 Å². The van der Waals surface area contributed by atoms with Gasteiger partial charge in [-0.2, -0.15) is 0 Å². The van der Waals surface area contributed by atoms with Crippen LogP contribution in [0.3, 0.4) is 0 Å². The average Bonchev–Trinajstić information content (AvgIpc) is 3.87. The highest BCUT2D eigenvalue weighted by Gasteiger charge is 2.59. The molecule has 0 aromatic heterocycles. The summed E-state index contributed by atoms with van der Waals surface area (Å²) in [5.74, 6) is -2.65. The molecule has 22 heteroatoms. The molecule has 8 aromatic rings. The third kappa shape index (κ3) is 14.2. The van der Waals surface area contributed by atoms with E-state index in [0.29, 0.717) is 52.2 Å². The lowest BCUT2D eigenvalue weighted by Crippen LogP contribution is -2.47. The number of rotatable bonds is 7. The summed E-state index contributed by atoms with van der Waals surface area (Å²) in [5.41, 5.74) is 6.54. The first-order chi connectivity index (χ1) is 36.7. The van der Waals surface area contributed by atoms with Crippen molar-refractivity contribution in [3.63, 3.8) is 0 Å². The number of amides is 9. The van der Waals surface area contributed by atoms with Crippen LogP contribution in [0.25, 0.3) is 0 Å². The zero-order chi connectivity index (χ0) is 55.6. The molecule has 0 aliphatic carbocycles. The average molecular weight is 1190 g/mol. The molecule has 5 N–H and O–H groups in total. The summed E-state index contributed by atoms with van der Waals surface area (Å²) in [4.78, 5) is 78.6. The summed E-state index contributed by atoms with van der Waals surface area (Å²) in [6.45, 7) is 0. The summed E-state index contributed by atoms with van der Waals surface area (Å²) in [7, 11) is 0. The lowest BCUT2D eigenvalue weighted by molar-refractivity contribution is -0.133. The molecule has 1 atom stereocenters. The number of urea groups is 3. The molecular weight excluding hydrogens is 1150 g/mol. The molecule has 9 amide bonds. The second-order valence-corrected chi connectivity index (χ2v) is 19.5. The van der Waals surface area contributed by atoms with Crippen LogP contribution in [0.4, 0.5) is 54.2 Å². The number of imide groups is 3. The van der Waals surface area contributed by atoms with Crippen LogP contribution < -0.4 is 36.0 Å². The molecule has 8 aromatic carbocycles. The molecule has 390 valence electrons. The first-order valence-corrected chi connectivity index (χ1v) is 25.3. The highest BCUT2D eigenvalue weighted by molar-refractivity contribution is 6.60. The number of nitrogens with two attached hydrogens (primary N) is 1. The van der Waals surface area contributed by atoms with Crippen molar-refractivity contribution in [1.29, 1.82) is 0 Å². The maximum absolute atomic E-state index is 13.4. The van der Waals surface area contributed by atoms with Crippen LogP contribution in [0, 0.1) is 0 Å². The van der Waals surface area contributed by atoms with Crippen molar-refractivity contribution in [2.75, 3.05) is 36.0 Å². The normalized spacial score (nSPS) is 14.7. The van der Waals surface area contributed by atoms with E-state index in [1.807, 2.05) is 0 Å². The van der Waals surface area contributed by atoms with E-state index in [4.69, 9.17) is 98.5 Å². The van der Waals surface area contributed by atoms with E-state index in [0.717, 1.165) is 30.3 Å². The van der Waals surface area contributed by atoms with Crippen LogP contribution in [0.5, 0.6) is 0 Å². The summed E-state index contributed by atoms with van der Waals surface area (Å²) in [6, 6.07) is 49.7. The molecule has 2 saturated heterocycles.